The Morgan fingerprint density at radius 2 is 2.06 bits per heavy atom. The Hall–Kier alpha value is -1.95. The van der Waals surface area contributed by atoms with Gasteiger partial charge < -0.3 is 5.32 Å². The van der Waals surface area contributed by atoms with Crippen LogP contribution in [0.15, 0.2) is 18.3 Å². The molecule has 0 aromatic carbocycles. The summed E-state index contributed by atoms with van der Waals surface area (Å²) in [6.07, 6.45) is 1.74. The molecule has 0 atom stereocenters. The summed E-state index contributed by atoms with van der Waals surface area (Å²) >= 11 is 0. The molecule has 90 valence electrons. The molecule has 1 aliphatic heterocycles. The molecule has 1 aliphatic rings. The Morgan fingerprint density at radius 1 is 1.35 bits per heavy atom. The molecule has 2 amide bonds. The average Bonchev–Trinajstić information content (AvgIpc) is 2.28. The van der Waals surface area contributed by atoms with Gasteiger partial charge >= 0.3 is 0 Å². The van der Waals surface area contributed by atoms with Crippen molar-refractivity contribution in [1.82, 2.24) is 15.2 Å². The number of carbonyl (C=O) groups is 2. The molecule has 1 aromatic heterocycles. The van der Waals surface area contributed by atoms with Crippen LogP contribution in [0, 0.1) is 0 Å². The fraction of sp³-hybridized carbons (Fsp3) is 0.364. The minimum atomic E-state index is -0.249. The fourth-order valence-electron chi connectivity index (χ4n) is 1.73. The molecular formula is C11H14N4O2. The highest BCUT2D eigenvalue weighted by Crippen LogP contribution is 2.08. The van der Waals surface area contributed by atoms with Gasteiger partial charge in [0.25, 0.3) is 0 Å². The number of carbonyl (C=O) groups excluding carboxylic acids is 2. The number of aromatic nitrogens is 1. The van der Waals surface area contributed by atoms with Gasteiger partial charge in [0.05, 0.1) is 13.1 Å². The molecule has 0 radical (unpaired) electrons. The van der Waals surface area contributed by atoms with Crippen LogP contribution in [-0.4, -0.2) is 41.8 Å². The maximum absolute atomic E-state index is 11.2. The summed E-state index contributed by atoms with van der Waals surface area (Å²) in [6.45, 7) is 1.05. The number of imide groups is 1. The third-order valence-corrected chi connectivity index (χ3v) is 2.50. The molecule has 0 bridgehead atoms. The van der Waals surface area contributed by atoms with Crippen LogP contribution in [-0.2, 0) is 16.1 Å². The molecule has 0 spiro atoms. The van der Waals surface area contributed by atoms with Crippen molar-refractivity contribution in [3.63, 3.8) is 0 Å². The van der Waals surface area contributed by atoms with E-state index in [1.807, 2.05) is 12.1 Å². The predicted molar refractivity (Wildman–Crippen MR) is 62.2 cm³/mol. The zero-order valence-electron chi connectivity index (χ0n) is 9.56. The first-order chi connectivity index (χ1) is 8.17. The second-order valence-corrected chi connectivity index (χ2v) is 3.92. The topological polar surface area (TPSA) is 74.3 Å². The largest absolute Gasteiger partial charge is 0.373 e. The molecule has 0 saturated carbocycles. The van der Waals surface area contributed by atoms with Crippen molar-refractivity contribution in [3.8, 4) is 0 Å². The molecule has 2 N–H and O–H groups in total. The number of nitrogens with zero attached hydrogens (tertiary/aromatic N) is 2. The van der Waals surface area contributed by atoms with Crippen LogP contribution in [0.1, 0.15) is 5.56 Å². The van der Waals surface area contributed by atoms with Gasteiger partial charge in [-0.1, -0.05) is 6.07 Å². The van der Waals surface area contributed by atoms with Gasteiger partial charge in [-0.15, -0.1) is 0 Å². The van der Waals surface area contributed by atoms with Crippen LogP contribution in [0.5, 0.6) is 0 Å². The fourth-order valence-corrected chi connectivity index (χ4v) is 1.73. The van der Waals surface area contributed by atoms with Gasteiger partial charge in [0, 0.05) is 19.8 Å². The van der Waals surface area contributed by atoms with Crippen LogP contribution < -0.4 is 10.6 Å². The minimum Gasteiger partial charge on any atom is -0.373 e. The van der Waals surface area contributed by atoms with E-state index in [2.05, 4.69) is 15.6 Å². The molecule has 0 unspecified atom stereocenters. The lowest BCUT2D eigenvalue weighted by atomic mass is 10.2. The lowest BCUT2D eigenvalue weighted by Crippen LogP contribution is -2.50. The molecule has 6 heteroatoms. The molecule has 1 aromatic rings. The Bertz CT molecular complexity index is 414. The second kappa shape index (κ2) is 4.92. The van der Waals surface area contributed by atoms with Crippen LogP contribution >= 0.6 is 0 Å². The molecule has 17 heavy (non-hydrogen) atoms. The number of nitrogens with one attached hydrogen (secondary N) is 2. The zero-order valence-corrected chi connectivity index (χ0v) is 9.56. The number of hydrogen-bond donors (Lipinski definition) is 2. The number of amides is 2. The van der Waals surface area contributed by atoms with Crippen molar-refractivity contribution in [3.05, 3.63) is 23.9 Å². The average molecular weight is 234 g/mol. The lowest BCUT2D eigenvalue weighted by Gasteiger charge is -2.24. The van der Waals surface area contributed by atoms with Crippen molar-refractivity contribution < 1.29 is 9.59 Å². The summed E-state index contributed by atoms with van der Waals surface area (Å²) in [5.74, 6) is 0.295. The van der Waals surface area contributed by atoms with E-state index in [1.165, 1.54) is 0 Å². The maximum atomic E-state index is 11.2. The molecule has 2 heterocycles. The van der Waals surface area contributed by atoms with Crippen molar-refractivity contribution in [1.29, 1.82) is 0 Å². The highest BCUT2D eigenvalue weighted by atomic mass is 16.2. The van der Waals surface area contributed by atoms with Crippen LogP contribution in [0.25, 0.3) is 0 Å². The van der Waals surface area contributed by atoms with Crippen LogP contribution in [0.3, 0.4) is 0 Å². The summed E-state index contributed by atoms with van der Waals surface area (Å²) < 4.78 is 0. The Labute approximate surface area is 99.0 Å². The van der Waals surface area contributed by atoms with Gasteiger partial charge in [-0.25, -0.2) is 4.98 Å². The smallest absolute Gasteiger partial charge is 0.240 e. The predicted octanol–water partition coefficient (Wildman–Crippen LogP) is -0.418. The first-order valence-electron chi connectivity index (χ1n) is 5.35. The Kier molecular flexibility index (Phi) is 3.34. The third-order valence-electron chi connectivity index (χ3n) is 2.50. The van der Waals surface area contributed by atoms with Gasteiger partial charge in [-0.05, 0) is 11.6 Å². The van der Waals surface area contributed by atoms with Gasteiger partial charge in [-0.2, -0.15) is 0 Å². The van der Waals surface area contributed by atoms with Crippen molar-refractivity contribution >= 4 is 17.6 Å². The summed E-state index contributed by atoms with van der Waals surface area (Å²) in [7, 11) is 1.80. The number of pyridine rings is 1. The number of anilines is 1. The minimum absolute atomic E-state index is 0.249. The number of hydrogen-bond acceptors (Lipinski definition) is 5. The van der Waals surface area contributed by atoms with E-state index >= 15 is 0 Å². The number of rotatable bonds is 3. The first kappa shape index (κ1) is 11.5. The van der Waals surface area contributed by atoms with Gasteiger partial charge in [-0.3, -0.25) is 19.8 Å². The SMILES string of the molecule is CNc1ccc(CN2CC(=O)NC(=O)C2)cn1. The Morgan fingerprint density at radius 3 is 2.59 bits per heavy atom. The van der Waals surface area contributed by atoms with E-state index < -0.39 is 0 Å². The molecule has 6 nitrogen and oxygen atoms in total. The number of piperazine rings is 1. The van der Waals surface area contributed by atoms with Crippen LogP contribution in [0.4, 0.5) is 5.82 Å². The first-order valence-corrected chi connectivity index (χ1v) is 5.35. The molecule has 2 rings (SSSR count). The van der Waals surface area contributed by atoms with E-state index in [-0.39, 0.29) is 24.9 Å². The summed E-state index contributed by atoms with van der Waals surface area (Å²) in [5.41, 5.74) is 0.978. The monoisotopic (exact) mass is 234 g/mol. The van der Waals surface area contributed by atoms with Crippen LogP contribution in [0.2, 0.25) is 0 Å². The summed E-state index contributed by atoms with van der Waals surface area (Å²) in [6, 6.07) is 3.79. The quantitative estimate of drug-likeness (QED) is 0.695. The lowest BCUT2D eigenvalue weighted by molar-refractivity contribution is -0.136. The Balaban J connectivity index is 1.99. The third kappa shape index (κ3) is 3.01. The van der Waals surface area contributed by atoms with Crippen molar-refractivity contribution in [2.24, 2.45) is 0 Å². The summed E-state index contributed by atoms with van der Waals surface area (Å²) in [4.78, 5) is 28.3. The highest BCUT2D eigenvalue weighted by molar-refractivity contribution is 5.99. The van der Waals surface area contributed by atoms with Gasteiger partial charge in [0.1, 0.15) is 5.82 Å². The zero-order chi connectivity index (χ0) is 12.3. The van der Waals surface area contributed by atoms with Gasteiger partial charge in [0.15, 0.2) is 0 Å². The highest BCUT2D eigenvalue weighted by Gasteiger charge is 2.22. The standard InChI is InChI=1S/C11H14N4O2/c1-12-9-3-2-8(4-13-9)5-15-6-10(16)14-11(17)7-15/h2-4H,5-7H2,1H3,(H,12,13)(H,14,16,17). The van der Waals surface area contributed by atoms with E-state index in [0.29, 0.717) is 6.54 Å². The van der Waals surface area contributed by atoms with Gasteiger partial charge in [0.2, 0.25) is 11.8 Å². The molecule has 1 fully saturated rings. The molecule has 1 saturated heterocycles. The maximum Gasteiger partial charge on any atom is 0.240 e. The summed E-state index contributed by atoms with van der Waals surface area (Å²) in [5, 5.41) is 5.20. The normalized spacial score (nSPS) is 16.8. The van der Waals surface area contributed by atoms with E-state index in [4.69, 9.17) is 0 Å². The second-order valence-electron chi connectivity index (χ2n) is 3.92. The van der Waals surface area contributed by atoms with E-state index in [1.54, 1.807) is 18.1 Å². The van der Waals surface area contributed by atoms with Crippen molar-refractivity contribution in [2.75, 3.05) is 25.5 Å². The van der Waals surface area contributed by atoms with E-state index in [9.17, 15) is 9.59 Å². The molecule has 0 aliphatic carbocycles. The van der Waals surface area contributed by atoms with Crippen molar-refractivity contribution in [2.45, 2.75) is 6.54 Å². The van der Waals surface area contributed by atoms with E-state index in [0.717, 1.165) is 11.4 Å². The molecular weight excluding hydrogens is 220 g/mol.